The van der Waals surface area contributed by atoms with Crippen LogP contribution in [0.5, 0.6) is 0 Å². The number of rotatable bonds is 6. The topological polar surface area (TPSA) is 44.4 Å². The van der Waals surface area contributed by atoms with Crippen molar-refractivity contribution in [1.29, 1.82) is 0 Å². The minimum absolute atomic E-state index is 0.00528. The first-order valence-electron chi connectivity index (χ1n) is 10.9. The van der Waals surface area contributed by atoms with Crippen LogP contribution in [0, 0.1) is 17.8 Å². The van der Waals surface area contributed by atoms with Gasteiger partial charge in [0.05, 0.1) is 12.1 Å². The molecule has 1 aliphatic rings. The van der Waals surface area contributed by atoms with Gasteiger partial charge in [0.25, 0.3) is 0 Å². The molecule has 1 fully saturated rings. The lowest BCUT2D eigenvalue weighted by atomic mass is 9.62. The molecule has 158 valence electrons. The van der Waals surface area contributed by atoms with Gasteiger partial charge in [0.2, 0.25) is 0 Å². The van der Waals surface area contributed by atoms with Gasteiger partial charge < -0.3 is 9.25 Å². The number of benzene rings is 2. The van der Waals surface area contributed by atoms with Crippen molar-refractivity contribution in [2.75, 3.05) is 0 Å². The van der Waals surface area contributed by atoms with E-state index in [1.165, 1.54) is 28.5 Å². The zero-order valence-electron chi connectivity index (χ0n) is 18.0. The van der Waals surface area contributed by atoms with Crippen LogP contribution in [0.1, 0.15) is 57.1 Å². The van der Waals surface area contributed by atoms with Crippen molar-refractivity contribution in [2.45, 2.75) is 51.6 Å². The van der Waals surface area contributed by atoms with Gasteiger partial charge in [-0.15, -0.1) is 4.73 Å². The quantitative estimate of drug-likeness (QED) is 0.541. The molecule has 1 aliphatic carbocycles. The zero-order chi connectivity index (χ0) is 21.1. The van der Waals surface area contributed by atoms with Crippen molar-refractivity contribution in [1.82, 2.24) is 4.73 Å². The van der Waals surface area contributed by atoms with Gasteiger partial charge in [0.15, 0.2) is 0 Å². The fraction of sp³-hybridized carbons (Fsp3) is 0.423. The number of oxazole rings is 1. The van der Waals surface area contributed by atoms with Crippen LogP contribution in [0.2, 0.25) is 0 Å². The average molecular weight is 406 g/mol. The fourth-order valence-corrected chi connectivity index (χ4v) is 5.28. The highest BCUT2D eigenvalue weighted by molar-refractivity contribution is 5.36. The smallest absolute Gasteiger partial charge is 0.414 e. The fourth-order valence-electron chi connectivity index (χ4n) is 5.28. The first kappa shape index (κ1) is 20.5. The molecule has 0 amide bonds. The Morgan fingerprint density at radius 1 is 1.00 bits per heavy atom. The van der Waals surface area contributed by atoms with Gasteiger partial charge in [-0.2, -0.15) is 0 Å². The van der Waals surface area contributed by atoms with E-state index in [2.05, 4.69) is 69.3 Å². The van der Waals surface area contributed by atoms with E-state index in [0.717, 1.165) is 12.8 Å². The average Bonchev–Trinajstić information content (AvgIpc) is 3.13. The Labute approximate surface area is 178 Å². The maximum Gasteiger partial charge on any atom is 0.452 e. The molecule has 0 spiro atoms. The molecule has 0 aliphatic heterocycles. The summed E-state index contributed by atoms with van der Waals surface area (Å²) in [5.41, 5.74) is 1.86. The van der Waals surface area contributed by atoms with Gasteiger partial charge in [-0.3, -0.25) is 0 Å². The predicted octanol–water partition coefficient (Wildman–Crippen LogP) is 5.53. The molecule has 30 heavy (non-hydrogen) atoms. The second-order valence-corrected chi connectivity index (χ2v) is 9.16. The molecular formula is C26H31NO3. The largest absolute Gasteiger partial charge is 0.452 e. The Hall–Kier alpha value is -2.75. The summed E-state index contributed by atoms with van der Waals surface area (Å²) < 4.78 is 6.31. The number of hydrogen-bond acceptors (Lipinski definition) is 3. The third kappa shape index (κ3) is 4.09. The summed E-state index contributed by atoms with van der Waals surface area (Å²) in [7, 11) is 0. The Bertz CT molecular complexity index is 952. The van der Waals surface area contributed by atoms with E-state index >= 15 is 0 Å². The summed E-state index contributed by atoms with van der Waals surface area (Å²) in [6.45, 7) is 6.88. The second-order valence-electron chi connectivity index (χ2n) is 9.16. The SMILES string of the molecule is CC1CC(C(C)C)CC(On2ccoc2=O)(C(c2ccccc2)c2ccccc2)C1. The van der Waals surface area contributed by atoms with Gasteiger partial charge in [-0.05, 0) is 48.1 Å². The third-order valence-corrected chi connectivity index (χ3v) is 6.57. The van der Waals surface area contributed by atoms with Crippen LogP contribution in [0.25, 0.3) is 0 Å². The summed E-state index contributed by atoms with van der Waals surface area (Å²) in [5.74, 6) is 1.08. The zero-order valence-corrected chi connectivity index (χ0v) is 18.0. The number of aromatic nitrogens is 1. The van der Waals surface area contributed by atoms with E-state index in [4.69, 9.17) is 9.25 Å². The maximum atomic E-state index is 12.3. The summed E-state index contributed by atoms with van der Waals surface area (Å²) in [6, 6.07) is 21.1. The summed E-state index contributed by atoms with van der Waals surface area (Å²) >= 11 is 0. The van der Waals surface area contributed by atoms with E-state index in [1.807, 2.05) is 12.1 Å². The van der Waals surface area contributed by atoms with Gasteiger partial charge in [0.1, 0.15) is 11.9 Å². The normalized spacial score (nSPS) is 24.3. The standard InChI is InChI=1S/C26H31NO3/c1-19(2)23-16-20(3)17-26(18-23,30-27-14-15-29-25(27)28)24(21-10-6-4-7-11-21)22-12-8-5-9-13-22/h4-15,19-20,23-24H,16-18H2,1-3H3. The van der Waals surface area contributed by atoms with Crippen LogP contribution in [0.15, 0.2) is 82.3 Å². The first-order valence-corrected chi connectivity index (χ1v) is 10.9. The van der Waals surface area contributed by atoms with E-state index in [9.17, 15) is 4.79 Å². The highest BCUT2D eigenvalue weighted by Crippen LogP contribution is 2.49. The van der Waals surface area contributed by atoms with Crippen molar-refractivity contribution >= 4 is 0 Å². The van der Waals surface area contributed by atoms with Crippen LogP contribution in [-0.2, 0) is 0 Å². The summed E-state index contributed by atoms with van der Waals surface area (Å²) in [5, 5.41) is 0. The first-order chi connectivity index (χ1) is 14.5. The summed E-state index contributed by atoms with van der Waals surface area (Å²) in [4.78, 5) is 18.9. The van der Waals surface area contributed by atoms with Gasteiger partial charge >= 0.3 is 5.76 Å². The molecular weight excluding hydrogens is 374 g/mol. The second kappa shape index (κ2) is 8.55. The van der Waals surface area contributed by atoms with Crippen molar-refractivity contribution in [2.24, 2.45) is 17.8 Å². The van der Waals surface area contributed by atoms with Crippen LogP contribution in [-0.4, -0.2) is 10.3 Å². The molecule has 1 aromatic heterocycles. The molecule has 3 atom stereocenters. The molecule has 0 radical (unpaired) electrons. The summed E-state index contributed by atoms with van der Waals surface area (Å²) in [6.07, 6.45) is 5.92. The molecule has 0 saturated heterocycles. The minimum atomic E-state index is -0.553. The van der Waals surface area contributed by atoms with Gasteiger partial charge in [0, 0.05) is 0 Å². The molecule has 3 aromatic rings. The lowest BCUT2D eigenvalue weighted by Gasteiger charge is -2.48. The van der Waals surface area contributed by atoms with Crippen LogP contribution < -0.4 is 10.6 Å². The van der Waals surface area contributed by atoms with E-state index in [0.29, 0.717) is 17.8 Å². The molecule has 4 heteroatoms. The Balaban J connectivity index is 1.89. The van der Waals surface area contributed by atoms with Crippen LogP contribution in [0.4, 0.5) is 0 Å². The molecule has 0 bridgehead atoms. The maximum absolute atomic E-state index is 12.3. The molecule has 3 unspecified atom stereocenters. The molecule has 2 aromatic carbocycles. The van der Waals surface area contributed by atoms with Gasteiger partial charge in [-0.1, -0.05) is 81.4 Å². The molecule has 0 N–H and O–H groups in total. The molecule has 4 nitrogen and oxygen atoms in total. The molecule has 1 saturated carbocycles. The highest BCUT2D eigenvalue weighted by Gasteiger charge is 2.50. The number of hydrogen-bond donors (Lipinski definition) is 0. The predicted molar refractivity (Wildman–Crippen MR) is 118 cm³/mol. The van der Waals surface area contributed by atoms with E-state index < -0.39 is 11.4 Å². The van der Waals surface area contributed by atoms with Crippen LogP contribution >= 0.6 is 0 Å². The van der Waals surface area contributed by atoms with Gasteiger partial charge in [-0.25, -0.2) is 4.79 Å². The van der Waals surface area contributed by atoms with Crippen molar-refractivity contribution in [3.8, 4) is 0 Å². The monoisotopic (exact) mass is 405 g/mol. The lowest BCUT2D eigenvalue weighted by molar-refractivity contribution is -0.120. The Morgan fingerprint density at radius 3 is 2.10 bits per heavy atom. The Kier molecular flexibility index (Phi) is 5.85. The van der Waals surface area contributed by atoms with Crippen molar-refractivity contribution < 1.29 is 9.25 Å². The van der Waals surface area contributed by atoms with Crippen molar-refractivity contribution in [3.63, 3.8) is 0 Å². The third-order valence-electron chi connectivity index (χ3n) is 6.57. The number of nitrogens with zero attached hydrogens (tertiary/aromatic N) is 1. The Morgan fingerprint density at radius 2 is 1.60 bits per heavy atom. The highest BCUT2D eigenvalue weighted by atomic mass is 16.7. The molecule has 4 rings (SSSR count). The van der Waals surface area contributed by atoms with Crippen LogP contribution in [0.3, 0.4) is 0 Å². The minimum Gasteiger partial charge on any atom is -0.414 e. The van der Waals surface area contributed by atoms with E-state index in [1.54, 1.807) is 6.20 Å². The van der Waals surface area contributed by atoms with E-state index in [-0.39, 0.29) is 5.92 Å². The lowest BCUT2D eigenvalue weighted by Crippen LogP contribution is -2.53. The molecule has 1 heterocycles. The van der Waals surface area contributed by atoms with Crippen molar-refractivity contribution in [3.05, 3.63) is 94.8 Å².